The minimum absolute atomic E-state index is 0.0603. The van der Waals surface area contributed by atoms with Crippen LogP contribution in [0.3, 0.4) is 0 Å². The van der Waals surface area contributed by atoms with Gasteiger partial charge in [-0.3, -0.25) is 0 Å². The van der Waals surface area contributed by atoms with Crippen molar-refractivity contribution in [3.05, 3.63) is 98.2 Å². The fourth-order valence-electron chi connectivity index (χ4n) is 3.63. The fourth-order valence-corrected chi connectivity index (χ4v) is 4.44. The quantitative estimate of drug-likeness (QED) is 0.227. The Bertz CT molecular complexity index is 1380. The van der Waals surface area contributed by atoms with Crippen molar-refractivity contribution >= 4 is 40.8 Å². The van der Waals surface area contributed by atoms with Gasteiger partial charge in [0.15, 0.2) is 0 Å². The Kier molecular flexibility index (Phi) is 8.09. The van der Waals surface area contributed by atoms with Crippen LogP contribution in [0.15, 0.2) is 65.2 Å². The lowest BCUT2D eigenvalue weighted by molar-refractivity contribution is 0.0696. The highest BCUT2D eigenvalue weighted by atomic mass is 35.5. The first-order valence-electron chi connectivity index (χ1n) is 11.0. The first-order chi connectivity index (χ1) is 17.2. The van der Waals surface area contributed by atoms with Crippen LogP contribution in [-0.4, -0.2) is 16.2 Å². The average Bonchev–Trinajstić information content (AvgIpc) is 3.26. The minimum atomic E-state index is -0.996. The Morgan fingerprint density at radius 1 is 0.944 bits per heavy atom. The van der Waals surface area contributed by atoms with E-state index in [4.69, 9.17) is 53.9 Å². The zero-order valence-electron chi connectivity index (χ0n) is 19.4. The maximum absolute atomic E-state index is 11.2. The Morgan fingerprint density at radius 3 is 2.33 bits per heavy atom. The topological polar surface area (TPSA) is 81.8 Å². The molecule has 0 spiro atoms. The third-order valence-electron chi connectivity index (χ3n) is 5.40. The molecule has 4 rings (SSSR count). The second kappa shape index (κ2) is 11.2. The lowest BCUT2D eigenvalue weighted by Gasteiger charge is -2.13. The lowest BCUT2D eigenvalue weighted by Crippen LogP contribution is -2.02. The fraction of sp³-hybridized carbons (Fsp3) is 0.185. The van der Waals surface area contributed by atoms with Gasteiger partial charge < -0.3 is 19.1 Å². The summed E-state index contributed by atoms with van der Waals surface area (Å²) in [6.45, 7) is 4.32. The third-order valence-corrected chi connectivity index (χ3v) is 6.32. The molecule has 1 N–H and O–H groups in total. The molecule has 0 atom stereocenters. The molecular weight excluding hydrogens is 525 g/mol. The molecule has 0 aliphatic heterocycles. The van der Waals surface area contributed by atoms with Crippen molar-refractivity contribution in [2.75, 3.05) is 0 Å². The lowest BCUT2D eigenvalue weighted by atomic mass is 10.0. The molecule has 3 aromatic carbocycles. The van der Waals surface area contributed by atoms with Crippen molar-refractivity contribution in [2.24, 2.45) is 0 Å². The van der Waals surface area contributed by atoms with Crippen LogP contribution in [-0.2, 0) is 13.2 Å². The molecule has 0 saturated carbocycles. The van der Waals surface area contributed by atoms with E-state index in [2.05, 4.69) is 5.16 Å². The maximum Gasteiger partial charge on any atom is 0.335 e. The van der Waals surface area contributed by atoms with E-state index < -0.39 is 5.97 Å². The van der Waals surface area contributed by atoms with Gasteiger partial charge in [0.1, 0.15) is 36.2 Å². The molecule has 0 saturated heterocycles. The van der Waals surface area contributed by atoms with Crippen LogP contribution in [0.25, 0.3) is 11.3 Å². The number of hydrogen-bond donors (Lipinski definition) is 1. The summed E-state index contributed by atoms with van der Waals surface area (Å²) in [4.78, 5) is 11.2. The molecule has 0 radical (unpaired) electrons. The number of halogens is 3. The molecule has 0 amide bonds. The van der Waals surface area contributed by atoms with Gasteiger partial charge in [0.25, 0.3) is 0 Å². The van der Waals surface area contributed by atoms with Crippen molar-refractivity contribution < 1.29 is 23.9 Å². The highest BCUT2D eigenvalue weighted by Gasteiger charge is 2.24. The van der Waals surface area contributed by atoms with Gasteiger partial charge >= 0.3 is 5.97 Å². The zero-order chi connectivity index (χ0) is 25.8. The molecule has 36 heavy (non-hydrogen) atoms. The summed E-state index contributed by atoms with van der Waals surface area (Å²) >= 11 is 19.2. The van der Waals surface area contributed by atoms with Crippen LogP contribution < -0.4 is 9.47 Å². The molecule has 186 valence electrons. The largest absolute Gasteiger partial charge is 0.489 e. The van der Waals surface area contributed by atoms with Gasteiger partial charge in [-0.2, -0.15) is 0 Å². The van der Waals surface area contributed by atoms with E-state index in [0.29, 0.717) is 49.1 Å². The van der Waals surface area contributed by atoms with Crippen molar-refractivity contribution in [3.8, 4) is 22.8 Å². The van der Waals surface area contributed by atoms with Crippen LogP contribution in [0.5, 0.6) is 11.5 Å². The second-order valence-corrected chi connectivity index (χ2v) is 9.52. The summed E-state index contributed by atoms with van der Waals surface area (Å²) in [6, 6.07) is 16.9. The van der Waals surface area contributed by atoms with Crippen molar-refractivity contribution in [3.63, 3.8) is 0 Å². The molecule has 0 bridgehead atoms. The first kappa shape index (κ1) is 25.9. The smallest absolute Gasteiger partial charge is 0.335 e. The summed E-state index contributed by atoms with van der Waals surface area (Å²) in [5.41, 5.74) is 2.77. The molecule has 4 aromatic rings. The second-order valence-electron chi connectivity index (χ2n) is 8.30. The van der Waals surface area contributed by atoms with E-state index in [1.165, 1.54) is 6.07 Å². The summed E-state index contributed by atoms with van der Waals surface area (Å²) < 4.78 is 17.4. The molecule has 0 unspecified atom stereocenters. The van der Waals surface area contributed by atoms with Gasteiger partial charge in [-0.25, -0.2) is 4.79 Å². The van der Waals surface area contributed by atoms with Crippen molar-refractivity contribution in [2.45, 2.75) is 33.0 Å². The molecule has 9 heteroatoms. The van der Waals surface area contributed by atoms with Gasteiger partial charge in [-0.05, 0) is 42.0 Å². The number of nitrogens with zero attached hydrogens (tertiary/aromatic N) is 1. The van der Waals surface area contributed by atoms with E-state index in [0.717, 1.165) is 5.56 Å². The van der Waals surface area contributed by atoms with Crippen molar-refractivity contribution in [1.82, 2.24) is 5.16 Å². The van der Waals surface area contributed by atoms with E-state index in [1.54, 1.807) is 54.6 Å². The standard InChI is InChI=1S/C27H22Cl3NO5/c1-15(2)26-19(25(31-36-26)24-20(28)7-4-8-21(24)29)14-34-18-9-10-23(22(30)12-18)35-13-16-5-3-6-17(11-16)27(32)33/h3-12,15H,13-14H2,1-2H3,(H,32,33). The average molecular weight is 547 g/mol. The number of benzene rings is 3. The van der Waals surface area contributed by atoms with Gasteiger partial charge in [0.2, 0.25) is 0 Å². The highest BCUT2D eigenvalue weighted by Crippen LogP contribution is 2.39. The molecule has 1 heterocycles. The number of carboxylic acids is 1. The Hall–Kier alpha value is -3.19. The predicted octanol–water partition coefficient (Wildman–Crippen LogP) is 8.28. The SMILES string of the molecule is CC(C)c1onc(-c2c(Cl)cccc2Cl)c1COc1ccc(OCc2cccc(C(=O)O)c2)c(Cl)c1. The Morgan fingerprint density at radius 2 is 1.67 bits per heavy atom. The number of aromatic carboxylic acids is 1. The third kappa shape index (κ3) is 5.78. The van der Waals surface area contributed by atoms with Gasteiger partial charge in [0.05, 0.1) is 26.2 Å². The van der Waals surface area contributed by atoms with Crippen LogP contribution >= 0.6 is 34.8 Å². The normalized spacial score (nSPS) is 11.1. The van der Waals surface area contributed by atoms with Gasteiger partial charge in [-0.15, -0.1) is 0 Å². The van der Waals surface area contributed by atoms with Gasteiger partial charge in [0, 0.05) is 17.5 Å². The number of carbonyl (C=O) groups is 1. The van der Waals surface area contributed by atoms with E-state index in [-0.39, 0.29) is 24.7 Å². The van der Waals surface area contributed by atoms with Crippen LogP contribution in [0.4, 0.5) is 0 Å². The Labute approximate surface area is 223 Å². The number of ether oxygens (including phenoxy) is 2. The van der Waals surface area contributed by atoms with E-state index in [9.17, 15) is 4.79 Å². The zero-order valence-corrected chi connectivity index (χ0v) is 21.7. The molecule has 0 fully saturated rings. The van der Waals surface area contributed by atoms with Crippen LogP contribution in [0.1, 0.15) is 47.0 Å². The number of aromatic nitrogens is 1. The number of carboxylic acid groups (broad SMARTS) is 1. The summed E-state index contributed by atoms with van der Waals surface area (Å²) in [5, 5.41) is 14.7. The van der Waals surface area contributed by atoms with Crippen LogP contribution in [0.2, 0.25) is 15.1 Å². The van der Waals surface area contributed by atoms with Crippen LogP contribution in [0, 0.1) is 0 Å². The highest BCUT2D eigenvalue weighted by molar-refractivity contribution is 6.39. The predicted molar refractivity (Wildman–Crippen MR) is 140 cm³/mol. The van der Waals surface area contributed by atoms with E-state index >= 15 is 0 Å². The molecular formula is C27H22Cl3NO5. The van der Waals surface area contributed by atoms with Gasteiger partial charge in [-0.1, -0.05) is 72.0 Å². The number of hydrogen-bond acceptors (Lipinski definition) is 5. The first-order valence-corrected chi connectivity index (χ1v) is 12.2. The Balaban J connectivity index is 1.50. The molecule has 6 nitrogen and oxygen atoms in total. The molecule has 0 aliphatic carbocycles. The summed E-state index contributed by atoms with van der Waals surface area (Å²) in [6.07, 6.45) is 0. The molecule has 1 aromatic heterocycles. The van der Waals surface area contributed by atoms with E-state index in [1.807, 2.05) is 13.8 Å². The molecule has 0 aliphatic rings. The van der Waals surface area contributed by atoms with Crippen molar-refractivity contribution in [1.29, 1.82) is 0 Å². The summed E-state index contributed by atoms with van der Waals surface area (Å²) in [5.74, 6) is 0.707. The monoisotopic (exact) mass is 545 g/mol. The number of rotatable bonds is 9. The minimum Gasteiger partial charge on any atom is -0.489 e. The maximum atomic E-state index is 11.2. The summed E-state index contributed by atoms with van der Waals surface area (Å²) in [7, 11) is 0.